The van der Waals surface area contributed by atoms with Gasteiger partial charge in [-0.3, -0.25) is 0 Å². The summed E-state index contributed by atoms with van der Waals surface area (Å²) >= 11 is 3.90. The van der Waals surface area contributed by atoms with Gasteiger partial charge in [0.15, 0.2) is 0 Å². The molecule has 0 radical (unpaired) electrons. The third kappa shape index (κ3) is 2.72. The Kier molecular flexibility index (Phi) is 4.14. The molecule has 4 aromatic heterocycles. The molecule has 0 spiro atoms. The predicted molar refractivity (Wildman–Crippen MR) is 202 cm³/mol. The first kappa shape index (κ1) is 24.1. The van der Waals surface area contributed by atoms with Crippen LogP contribution < -0.4 is 16.4 Å². The molecule has 0 saturated heterocycles. The highest BCUT2D eigenvalue weighted by atomic mass is 32.2. The van der Waals surface area contributed by atoms with E-state index in [2.05, 4.69) is 136 Å². The number of aromatic nitrogens is 2. The Bertz CT molecular complexity index is 2990. The fraction of sp³-hybridized carbons (Fsp3) is 0. The summed E-state index contributed by atoms with van der Waals surface area (Å²) in [5, 5.41) is 10.7. The summed E-state index contributed by atoms with van der Waals surface area (Å²) in [5.74, 6) is 0. The topological polar surface area (TPSA) is 8.82 Å². The second-order valence-electron chi connectivity index (χ2n) is 13.2. The molecule has 214 valence electrons. The van der Waals surface area contributed by atoms with Crippen molar-refractivity contribution in [3.05, 3.63) is 127 Å². The van der Waals surface area contributed by atoms with Crippen LogP contribution in [0.2, 0.25) is 0 Å². The van der Waals surface area contributed by atoms with Crippen LogP contribution in [-0.4, -0.2) is 15.5 Å². The number of benzene rings is 7. The van der Waals surface area contributed by atoms with E-state index in [4.69, 9.17) is 0 Å². The monoisotopic (exact) mass is 628 g/mol. The lowest BCUT2D eigenvalue weighted by atomic mass is 9.36. The third-order valence-electron chi connectivity index (χ3n) is 11.1. The van der Waals surface area contributed by atoms with Crippen molar-refractivity contribution < 1.29 is 0 Å². The molecule has 47 heavy (non-hydrogen) atoms. The molecule has 7 aromatic carbocycles. The van der Waals surface area contributed by atoms with Gasteiger partial charge in [-0.2, -0.15) is 0 Å². The first-order chi connectivity index (χ1) is 23.3. The van der Waals surface area contributed by atoms with Crippen LogP contribution in [0.4, 0.5) is 0 Å². The first-order valence-corrected chi connectivity index (χ1v) is 17.9. The molecule has 0 N–H and O–H groups in total. The van der Waals surface area contributed by atoms with Crippen molar-refractivity contribution in [3.63, 3.8) is 0 Å². The molecule has 0 bridgehead atoms. The average molecular weight is 629 g/mol. The highest BCUT2D eigenvalue weighted by Gasteiger charge is 2.39. The molecule has 0 saturated carbocycles. The highest BCUT2D eigenvalue weighted by Crippen LogP contribution is 2.45. The quantitative estimate of drug-likeness (QED) is 0.155. The zero-order valence-corrected chi connectivity index (χ0v) is 26.5. The molecule has 6 heterocycles. The molecule has 2 nitrogen and oxygen atoms in total. The van der Waals surface area contributed by atoms with Gasteiger partial charge in [0, 0.05) is 62.7 Å². The molecule has 0 atom stereocenters. The van der Waals surface area contributed by atoms with E-state index >= 15 is 0 Å². The average Bonchev–Trinajstić information content (AvgIpc) is 3.83. The maximum absolute atomic E-state index is 2.54. The molecular weight excluding hydrogens is 607 g/mol. The minimum absolute atomic E-state index is 0.173. The standard InChI is InChI=1S/C42H21BN2S2/c1-3-14-32-22(8-1)24-10-5-12-26-28-18-38-30(20-34(28)44(32)41(24)26)43-31-21-35-29(19-39(31)47-37-17-7-16-36(46-38)40(37)43)27-13-6-11-25-23-9-2-4-15-33(23)45(35)42(25)27/h1-21H. The van der Waals surface area contributed by atoms with Crippen molar-refractivity contribution in [1.82, 2.24) is 8.80 Å². The third-order valence-corrected chi connectivity index (χ3v) is 13.4. The Balaban J connectivity index is 1.17. The van der Waals surface area contributed by atoms with Gasteiger partial charge in [-0.15, -0.1) is 0 Å². The van der Waals surface area contributed by atoms with E-state index in [9.17, 15) is 0 Å². The Morgan fingerprint density at radius 2 is 0.787 bits per heavy atom. The van der Waals surface area contributed by atoms with E-state index < -0.39 is 0 Å². The van der Waals surface area contributed by atoms with Crippen LogP contribution in [0.5, 0.6) is 0 Å². The van der Waals surface area contributed by atoms with E-state index in [1.54, 1.807) is 0 Å². The number of nitrogens with zero attached hydrogens (tertiary/aromatic N) is 2. The van der Waals surface area contributed by atoms with Gasteiger partial charge in [-0.1, -0.05) is 113 Å². The van der Waals surface area contributed by atoms with Crippen molar-refractivity contribution in [2.75, 3.05) is 0 Å². The Hall–Kier alpha value is -5.10. The lowest BCUT2D eigenvalue weighted by Crippen LogP contribution is -2.58. The smallest absolute Gasteiger partial charge is 0.247 e. The summed E-state index contributed by atoms with van der Waals surface area (Å²) in [6.45, 7) is 0.173. The van der Waals surface area contributed by atoms with Gasteiger partial charge in [-0.25, -0.2) is 0 Å². The van der Waals surface area contributed by atoms with E-state index in [1.165, 1.54) is 112 Å². The van der Waals surface area contributed by atoms with Crippen LogP contribution in [0, 0.1) is 0 Å². The molecule has 0 aliphatic carbocycles. The second kappa shape index (κ2) is 8.06. The van der Waals surface area contributed by atoms with Crippen LogP contribution in [0.25, 0.3) is 76.2 Å². The molecule has 2 aliphatic heterocycles. The molecule has 13 rings (SSSR count). The van der Waals surface area contributed by atoms with Gasteiger partial charge >= 0.3 is 0 Å². The molecule has 11 aromatic rings. The van der Waals surface area contributed by atoms with Crippen LogP contribution in [0.3, 0.4) is 0 Å². The van der Waals surface area contributed by atoms with Crippen LogP contribution in [-0.2, 0) is 0 Å². The highest BCUT2D eigenvalue weighted by molar-refractivity contribution is 8.01. The lowest BCUT2D eigenvalue weighted by Gasteiger charge is -2.33. The molecule has 2 aliphatic rings. The summed E-state index contributed by atoms with van der Waals surface area (Å²) in [5.41, 5.74) is 12.2. The zero-order valence-electron chi connectivity index (χ0n) is 24.9. The fourth-order valence-electron chi connectivity index (χ4n) is 9.27. The first-order valence-electron chi connectivity index (χ1n) is 16.2. The Morgan fingerprint density at radius 1 is 0.362 bits per heavy atom. The maximum atomic E-state index is 2.54. The van der Waals surface area contributed by atoms with Gasteiger partial charge < -0.3 is 8.80 Å². The Labute approximate surface area is 277 Å². The molecule has 0 fully saturated rings. The molecular formula is C42H21BN2S2. The minimum Gasteiger partial charge on any atom is -0.308 e. The summed E-state index contributed by atoms with van der Waals surface area (Å²) in [6, 6.07) is 48.4. The SMILES string of the molecule is c1cc2c3c(c1)Sc1cc4c5cccc6c7ccccc7n(c4cc1B3c1cc3c(cc1S2)c1cccc2c4ccccc4n3c21)c65. The largest absolute Gasteiger partial charge is 0.308 e. The second-order valence-corrected chi connectivity index (χ2v) is 15.4. The van der Waals surface area contributed by atoms with Crippen LogP contribution in [0.1, 0.15) is 0 Å². The van der Waals surface area contributed by atoms with E-state index in [-0.39, 0.29) is 6.71 Å². The van der Waals surface area contributed by atoms with Crippen LogP contribution >= 0.6 is 23.5 Å². The number of rotatable bonds is 0. The van der Waals surface area contributed by atoms with Gasteiger partial charge in [0.05, 0.1) is 33.1 Å². The van der Waals surface area contributed by atoms with Gasteiger partial charge in [0.25, 0.3) is 0 Å². The summed E-state index contributed by atoms with van der Waals surface area (Å²) < 4.78 is 5.06. The zero-order chi connectivity index (χ0) is 30.1. The number of para-hydroxylation sites is 4. The number of hydrogen-bond donors (Lipinski definition) is 0. The van der Waals surface area contributed by atoms with Crippen molar-refractivity contribution in [3.8, 4) is 0 Å². The minimum atomic E-state index is 0.173. The Morgan fingerprint density at radius 3 is 1.30 bits per heavy atom. The van der Waals surface area contributed by atoms with E-state index in [0.29, 0.717) is 0 Å². The summed E-state index contributed by atoms with van der Waals surface area (Å²) in [4.78, 5) is 5.52. The molecule has 5 heteroatoms. The molecule has 0 unspecified atom stereocenters. The van der Waals surface area contributed by atoms with Gasteiger partial charge in [0.2, 0.25) is 6.71 Å². The van der Waals surface area contributed by atoms with Crippen molar-refractivity contribution >= 4 is 123 Å². The predicted octanol–water partition coefficient (Wildman–Crippen LogP) is 9.43. The fourth-order valence-corrected chi connectivity index (χ4v) is 11.7. The summed E-state index contributed by atoms with van der Waals surface area (Å²) in [7, 11) is 0. The number of hydrogen-bond acceptors (Lipinski definition) is 2. The van der Waals surface area contributed by atoms with E-state index in [1.807, 2.05) is 23.5 Å². The maximum Gasteiger partial charge on any atom is 0.247 e. The van der Waals surface area contributed by atoms with Crippen molar-refractivity contribution in [2.24, 2.45) is 0 Å². The van der Waals surface area contributed by atoms with Gasteiger partial charge in [0.1, 0.15) is 0 Å². The van der Waals surface area contributed by atoms with Crippen LogP contribution in [0.15, 0.2) is 147 Å². The summed E-state index contributed by atoms with van der Waals surface area (Å²) in [6.07, 6.45) is 0. The molecule has 0 amide bonds. The number of fused-ring (bicyclic) bond motifs is 16. The lowest BCUT2D eigenvalue weighted by molar-refractivity contribution is 1.33. The normalized spacial score (nSPS) is 14.2. The van der Waals surface area contributed by atoms with Crippen molar-refractivity contribution in [2.45, 2.75) is 19.6 Å². The van der Waals surface area contributed by atoms with Gasteiger partial charge in [-0.05, 0) is 54.0 Å². The van der Waals surface area contributed by atoms with E-state index in [0.717, 1.165) is 0 Å². The van der Waals surface area contributed by atoms with Crippen molar-refractivity contribution in [1.29, 1.82) is 0 Å².